The van der Waals surface area contributed by atoms with Gasteiger partial charge in [-0.1, -0.05) is 48.5 Å². The monoisotopic (exact) mass is 381 g/mol. The lowest BCUT2D eigenvalue weighted by atomic mass is 10.2. The Morgan fingerprint density at radius 2 is 1.59 bits per heavy atom. The summed E-state index contributed by atoms with van der Waals surface area (Å²) in [6.45, 7) is -0.536. The maximum absolute atomic E-state index is 12.0. The standard InChI is InChI=1S/C19H15N3O4S/c23-16(21-22-17(24)13-7-3-1-4-8-13)11-26-19(25)15-12-27-18(20-15)14-9-5-2-6-10-14/h1-10,12H,11H2,(H,21,23)(H,22,24). The first-order valence-electron chi connectivity index (χ1n) is 7.96. The van der Waals surface area contributed by atoms with Crippen molar-refractivity contribution in [2.45, 2.75) is 0 Å². The van der Waals surface area contributed by atoms with Crippen LogP contribution in [0.15, 0.2) is 66.0 Å². The Bertz CT molecular complexity index is 942. The van der Waals surface area contributed by atoms with Gasteiger partial charge in [-0.05, 0) is 12.1 Å². The molecule has 3 rings (SSSR count). The Hall–Kier alpha value is -3.52. The van der Waals surface area contributed by atoms with E-state index in [1.54, 1.807) is 35.7 Å². The molecule has 0 aliphatic heterocycles. The van der Waals surface area contributed by atoms with Crippen LogP contribution in [0.1, 0.15) is 20.8 Å². The van der Waals surface area contributed by atoms with Gasteiger partial charge in [-0.2, -0.15) is 0 Å². The number of thiazole rings is 1. The predicted molar refractivity (Wildman–Crippen MR) is 99.9 cm³/mol. The van der Waals surface area contributed by atoms with Crippen LogP contribution in [0.3, 0.4) is 0 Å². The van der Waals surface area contributed by atoms with Crippen molar-refractivity contribution in [2.75, 3.05) is 6.61 Å². The van der Waals surface area contributed by atoms with E-state index in [0.29, 0.717) is 10.6 Å². The molecule has 0 bridgehead atoms. The third kappa shape index (κ3) is 4.99. The van der Waals surface area contributed by atoms with Gasteiger partial charge in [0.25, 0.3) is 11.8 Å². The fraction of sp³-hybridized carbons (Fsp3) is 0.0526. The van der Waals surface area contributed by atoms with Crippen LogP contribution in [0.2, 0.25) is 0 Å². The summed E-state index contributed by atoms with van der Waals surface area (Å²) in [5, 5.41) is 2.25. The maximum atomic E-state index is 12.0. The average molecular weight is 381 g/mol. The van der Waals surface area contributed by atoms with E-state index < -0.39 is 24.4 Å². The molecule has 1 aromatic heterocycles. The summed E-state index contributed by atoms with van der Waals surface area (Å²) in [6.07, 6.45) is 0. The number of carbonyl (C=O) groups excluding carboxylic acids is 3. The molecule has 136 valence electrons. The van der Waals surface area contributed by atoms with Crippen molar-refractivity contribution in [3.05, 3.63) is 77.3 Å². The fourth-order valence-corrected chi connectivity index (χ4v) is 2.91. The summed E-state index contributed by atoms with van der Waals surface area (Å²) < 4.78 is 4.92. The molecule has 0 radical (unpaired) electrons. The molecule has 3 aromatic rings. The van der Waals surface area contributed by atoms with E-state index >= 15 is 0 Å². The Kier molecular flexibility index (Phi) is 5.91. The van der Waals surface area contributed by atoms with Gasteiger partial charge in [0.15, 0.2) is 12.3 Å². The second-order valence-electron chi connectivity index (χ2n) is 5.35. The Morgan fingerprint density at radius 3 is 2.30 bits per heavy atom. The highest BCUT2D eigenvalue weighted by atomic mass is 32.1. The zero-order chi connectivity index (χ0) is 19.1. The second kappa shape index (κ2) is 8.72. The minimum atomic E-state index is -0.710. The van der Waals surface area contributed by atoms with Gasteiger partial charge in [0.05, 0.1) is 0 Å². The number of nitrogens with zero attached hydrogens (tertiary/aromatic N) is 1. The van der Waals surface area contributed by atoms with Crippen LogP contribution in [-0.4, -0.2) is 29.4 Å². The van der Waals surface area contributed by atoms with Crippen molar-refractivity contribution in [3.8, 4) is 10.6 Å². The number of ether oxygens (including phenoxy) is 1. The molecule has 2 aromatic carbocycles. The number of aromatic nitrogens is 1. The Labute approximate surface area is 159 Å². The first-order chi connectivity index (χ1) is 13.1. The van der Waals surface area contributed by atoms with Crippen LogP contribution < -0.4 is 10.9 Å². The van der Waals surface area contributed by atoms with Crippen LogP contribution in [0.25, 0.3) is 10.6 Å². The van der Waals surface area contributed by atoms with Crippen LogP contribution in [0.4, 0.5) is 0 Å². The molecule has 0 saturated carbocycles. The molecule has 1 heterocycles. The number of hydrogen-bond acceptors (Lipinski definition) is 6. The first kappa shape index (κ1) is 18.3. The number of hydrogen-bond donors (Lipinski definition) is 2. The zero-order valence-corrected chi connectivity index (χ0v) is 14.9. The molecule has 0 atom stereocenters. The fourth-order valence-electron chi connectivity index (χ4n) is 2.11. The molecule has 2 amide bonds. The Balaban J connectivity index is 1.47. The quantitative estimate of drug-likeness (QED) is 0.523. The van der Waals surface area contributed by atoms with Gasteiger partial charge in [-0.15, -0.1) is 11.3 Å². The van der Waals surface area contributed by atoms with Gasteiger partial charge in [-0.3, -0.25) is 20.4 Å². The van der Waals surface area contributed by atoms with E-state index in [0.717, 1.165) is 5.56 Å². The molecule has 7 nitrogen and oxygen atoms in total. The lowest BCUT2D eigenvalue weighted by molar-refractivity contribution is -0.125. The normalized spacial score (nSPS) is 10.1. The highest BCUT2D eigenvalue weighted by Crippen LogP contribution is 2.23. The SMILES string of the molecule is O=C(COC(=O)c1csc(-c2ccccc2)n1)NNC(=O)c1ccccc1. The van der Waals surface area contributed by atoms with E-state index in [9.17, 15) is 14.4 Å². The molecule has 0 fully saturated rings. The number of nitrogens with one attached hydrogen (secondary N) is 2. The van der Waals surface area contributed by atoms with Crippen molar-refractivity contribution in [3.63, 3.8) is 0 Å². The minimum Gasteiger partial charge on any atom is -0.451 e. The molecule has 0 saturated heterocycles. The average Bonchev–Trinajstić information content (AvgIpc) is 3.22. The van der Waals surface area contributed by atoms with Crippen molar-refractivity contribution >= 4 is 29.1 Å². The van der Waals surface area contributed by atoms with Crippen LogP contribution >= 0.6 is 11.3 Å². The summed E-state index contributed by atoms with van der Waals surface area (Å²) in [7, 11) is 0. The third-order valence-electron chi connectivity index (χ3n) is 3.42. The summed E-state index contributed by atoms with van der Waals surface area (Å²) in [6, 6.07) is 17.8. The number of carbonyl (C=O) groups is 3. The third-order valence-corrected chi connectivity index (χ3v) is 4.31. The van der Waals surface area contributed by atoms with E-state index in [1.807, 2.05) is 30.3 Å². The summed E-state index contributed by atoms with van der Waals surface area (Å²) in [4.78, 5) is 39.7. The highest BCUT2D eigenvalue weighted by Gasteiger charge is 2.15. The number of amides is 2. The second-order valence-corrected chi connectivity index (χ2v) is 6.21. The van der Waals surface area contributed by atoms with E-state index in [-0.39, 0.29) is 5.69 Å². The molecule has 0 spiro atoms. The van der Waals surface area contributed by atoms with Gasteiger partial charge < -0.3 is 4.74 Å². The van der Waals surface area contributed by atoms with Crippen molar-refractivity contribution in [2.24, 2.45) is 0 Å². The lowest BCUT2D eigenvalue weighted by Crippen LogP contribution is -2.43. The van der Waals surface area contributed by atoms with E-state index in [2.05, 4.69) is 15.8 Å². The number of esters is 1. The van der Waals surface area contributed by atoms with Crippen molar-refractivity contribution < 1.29 is 19.1 Å². The molecular formula is C19H15N3O4S. The smallest absolute Gasteiger partial charge is 0.358 e. The van der Waals surface area contributed by atoms with Crippen molar-refractivity contribution in [1.82, 2.24) is 15.8 Å². The van der Waals surface area contributed by atoms with Gasteiger partial charge in [-0.25, -0.2) is 9.78 Å². The van der Waals surface area contributed by atoms with Crippen LogP contribution in [-0.2, 0) is 9.53 Å². The molecule has 2 N–H and O–H groups in total. The molecular weight excluding hydrogens is 366 g/mol. The lowest BCUT2D eigenvalue weighted by Gasteiger charge is -2.07. The Morgan fingerprint density at radius 1 is 0.926 bits per heavy atom. The van der Waals surface area contributed by atoms with E-state index in [1.165, 1.54) is 11.3 Å². The maximum Gasteiger partial charge on any atom is 0.358 e. The molecule has 0 aliphatic carbocycles. The summed E-state index contributed by atoms with van der Waals surface area (Å²) in [5.41, 5.74) is 5.84. The van der Waals surface area contributed by atoms with E-state index in [4.69, 9.17) is 4.74 Å². The summed E-state index contributed by atoms with van der Waals surface area (Å²) in [5.74, 6) is -1.84. The van der Waals surface area contributed by atoms with Gasteiger partial charge in [0.1, 0.15) is 5.01 Å². The van der Waals surface area contributed by atoms with Crippen LogP contribution in [0.5, 0.6) is 0 Å². The number of hydrazine groups is 1. The zero-order valence-electron chi connectivity index (χ0n) is 14.0. The predicted octanol–water partition coefficient (Wildman–Crippen LogP) is 2.43. The topological polar surface area (TPSA) is 97.4 Å². The van der Waals surface area contributed by atoms with Gasteiger partial charge in [0.2, 0.25) is 0 Å². The highest BCUT2D eigenvalue weighted by molar-refractivity contribution is 7.13. The molecule has 0 unspecified atom stereocenters. The van der Waals surface area contributed by atoms with Crippen molar-refractivity contribution in [1.29, 1.82) is 0 Å². The molecule has 0 aliphatic rings. The number of benzene rings is 2. The van der Waals surface area contributed by atoms with Crippen LogP contribution in [0, 0.1) is 0 Å². The molecule has 8 heteroatoms. The largest absolute Gasteiger partial charge is 0.451 e. The van der Waals surface area contributed by atoms with Gasteiger partial charge in [0, 0.05) is 16.5 Å². The minimum absolute atomic E-state index is 0.125. The number of rotatable bonds is 5. The van der Waals surface area contributed by atoms with Gasteiger partial charge >= 0.3 is 5.97 Å². The summed E-state index contributed by atoms with van der Waals surface area (Å²) >= 11 is 1.31. The molecule has 27 heavy (non-hydrogen) atoms. The first-order valence-corrected chi connectivity index (χ1v) is 8.84.